The fraction of sp³-hybridized carbons (Fsp3) is 0.294. The fourth-order valence-corrected chi connectivity index (χ4v) is 3.07. The lowest BCUT2D eigenvalue weighted by molar-refractivity contribution is 0.0712. The molecule has 126 valence electrons. The molecule has 1 aromatic heterocycles. The van der Waals surface area contributed by atoms with Gasteiger partial charge in [0.15, 0.2) is 0 Å². The number of benzene rings is 1. The van der Waals surface area contributed by atoms with E-state index in [-0.39, 0.29) is 29.7 Å². The Kier molecular flexibility index (Phi) is 4.19. The van der Waals surface area contributed by atoms with Crippen LogP contribution in [-0.2, 0) is 0 Å². The number of aliphatic hydroxyl groups excluding tert-OH is 1. The van der Waals surface area contributed by atoms with E-state index in [1.54, 1.807) is 6.92 Å². The molecule has 1 fully saturated rings. The number of carbonyl (C=O) groups is 1. The van der Waals surface area contributed by atoms with Crippen LogP contribution in [0.25, 0.3) is 0 Å². The van der Waals surface area contributed by atoms with Crippen molar-refractivity contribution in [2.75, 3.05) is 6.54 Å². The third-order valence-electron chi connectivity index (χ3n) is 4.20. The molecule has 2 unspecified atom stereocenters. The van der Waals surface area contributed by atoms with Gasteiger partial charge in [0.05, 0.1) is 17.7 Å². The number of aromatic nitrogens is 1. The molecule has 0 aliphatic carbocycles. The highest BCUT2D eigenvalue weighted by Crippen LogP contribution is 2.35. The van der Waals surface area contributed by atoms with Crippen LogP contribution < -0.4 is 5.56 Å². The fourth-order valence-electron chi connectivity index (χ4n) is 3.07. The normalized spacial score (nSPS) is 20.4. The van der Waals surface area contributed by atoms with Gasteiger partial charge in [0.2, 0.25) is 5.56 Å². The number of hydrogen-bond acceptors (Lipinski definition) is 3. The zero-order valence-electron chi connectivity index (χ0n) is 12.9. The van der Waals surface area contributed by atoms with Crippen molar-refractivity contribution >= 4 is 5.91 Å². The number of carbonyl (C=O) groups excluding carboxylic acids is 1. The number of rotatable bonds is 2. The zero-order valence-corrected chi connectivity index (χ0v) is 12.9. The summed E-state index contributed by atoms with van der Waals surface area (Å²) in [7, 11) is 0. The number of nitrogens with zero attached hydrogens (tertiary/aromatic N) is 1. The summed E-state index contributed by atoms with van der Waals surface area (Å²) in [5.41, 5.74) is 0.332. The van der Waals surface area contributed by atoms with Crippen LogP contribution in [0.3, 0.4) is 0 Å². The van der Waals surface area contributed by atoms with Crippen LogP contribution in [0.4, 0.5) is 8.78 Å². The number of H-pyrrole nitrogens is 1. The third-order valence-corrected chi connectivity index (χ3v) is 4.20. The number of aromatic amines is 1. The highest BCUT2D eigenvalue weighted by Gasteiger charge is 2.37. The van der Waals surface area contributed by atoms with Gasteiger partial charge in [0, 0.05) is 23.9 Å². The van der Waals surface area contributed by atoms with E-state index in [2.05, 4.69) is 4.98 Å². The SMILES string of the molecule is Cc1[nH]c(=O)ccc1C(=O)N1CC(O)CC1c1cc(F)ccc1F. The lowest BCUT2D eigenvalue weighted by atomic mass is 10.0. The highest BCUT2D eigenvalue weighted by atomic mass is 19.1. The van der Waals surface area contributed by atoms with E-state index in [0.29, 0.717) is 5.69 Å². The monoisotopic (exact) mass is 334 g/mol. The summed E-state index contributed by atoms with van der Waals surface area (Å²) in [6.45, 7) is 1.59. The van der Waals surface area contributed by atoms with Crippen LogP contribution in [0.5, 0.6) is 0 Å². The van der Waals surface area contributed by atoms with Crippen molar-refractivity contribution in [2.45, 2.75) is 25.5 Å². The predicted molar refractivity (Wildman–Crippen MR) is 82.6 cm³/mol. The second kappa shape index (κ2) is 6.16. The maximum Gasteiger partial charge on any atom is 0.256 e. The van der Waals surface area contributed by atoms with E-state index in [1.165, 1.54) is 17.0 Å². The minimum Gasteiger partial charge on any atom is -0.391 e. The number of nitrogens with one attached hydrogen (secondary N) is 1. The maximum absolute atomic E-state index is 14.1. The van der Waals surface area contributed by atoms with Gasteiger partial charge in [-0.05, 0) is 37.6 Å². The van der Waals surface area contributed by atoms with E-state index in [1.807, 2.05) is 0 Å². The van der Waals surface area contributed by atoms with Crippen molar-refractivity contribution in [3.8, 4) is 0 Å². The number of likely N-dealkylation sites (tertiary alicyclic amines) is 1. The number of aryl methyl sites for hydroxylation is 1. The standard InChI is InChI=1S/C17H16F2N2O3/c1-9-12(3-5-16(23)20-9)17(24)21-8-11(22)7-15(21)13-6-10(18)2-4-14(13)19/h2-6,11,15,22H,7-8H2,1H3,(H,20,23). The van der Waals surface area contributed by atoms with Crippen LogP contribution in [0.2, 0.25) is 0 Å². The van der Waals surface area contributed by atoms with Gasteiger partial charge in [0.1, 0.15) is 11.6 Å². The average Bonchev–Trinajstić information content (AvgIpc) is 2.91. The summed E-state index contributed by atoms with van der Waals surface area (Å²) in [4.78, 5) is 27.9. The quantitative estimate of drug-likeness (QED) is 0.881. The number of amides is 1. The van der Waals surface area contributed by atoms with Crippen molar-refractivity contribution in [1.82, 2.24) is 9.88 Å². The van der Waals surface area contributed by atoms with Gasteiger partial charge in [0.25, 0.3) is 5.91 Å². The first kappa shape index (κ1) is 16.3. The molecule has 2 aromatic rings. The molecule has 24 heavy (non-hydrogen) atoms. The molecule has 2 N–H and O–H groups in total. The Bertz CT molecular complexity index is 850. The number of halogens is 2. The van der Waals surface area contributed by atoms with Crippen molar-refractivity contribution in [3.05, 3.63) is 69.1 Å². The summed E-state index contributed by atoms with van der Waals surface area (Å²) in [6.07, 6.45) is -0.709. The molecule has 5 nitrogen and oxygen atoms in total. The Hall–Kier alpha value is -2.54. The second-order valence-corrected chi connectivity index (χ2v) is 5.89. The average molecular weight is 334 g/mol. The summed E-state index contributed by atoms with van der Waals surface area (Å²) in [5, 5.41) is 9.93. The molecule has 1 aliphatic heterocycles. The lowest BCUT2D eigenvalue weighted by Crippen LogP contribution is -2.33. The van der Waals surface area contributed by atoms with E-state index in [9.17, 15) is 23.5 Å². The Balaban J connectivity index is 2.00. The highest BCUT2D eigenvalue weighted by molar-refractivity contribution is 5.95. The summed E-state index contributed by atoms with van der Waals surface area (Å²) < 4.78 is 27.6. The first-order chi connectivity index (χ1) is 11.4. The first-order valence-corrected chi connectivity index (χ1v) is 7.50. The van der Waals surface area contributed by atoms with Crippen molar-refractivity contribution in [1.29, 1.82) is 0 Å². The molecule has 0 bridgehead atoms. The molecule has 0 saturated carbocycles. The molecule has 1 amide bonds. The molecular weight excluding hydrogens is 318 g/mol. The van der Waals surface area contributed by atoms with Crippen molar-refractivity contribution < 1.29 is 18.7 Å². The molecule has 1 aliphatic rings. The Morgan fingerprint density at radius 1 is 1.29 bits per heavy atom. The van der Waals surface area contributed by atoms with E-state index < -0.39 is 29.7 Å². The Labute approximate surface area is 136 Å². The molecule has 1 aromatic carbocycles. The van der Waals surface area contributed by atoms with Crippen molar-refractivity contribution in [2.24, 2.45) is 0 Å². The van der Waals surface area contributed by atoms with Gasteiger partial charge in [-0.25, -0.2) is 8.78 Å². The minimum absolute atomic E-state index is 0.0119. The topological polar surface area (TPSA) is 73.4 Å². The molecule has 7 heteroatoms. The number of hydrogen-bond donors (Lipinski definition) is 2. The van der Waals surface area contributed by atoms with Crippen LogP contribution in [0.1, 0.15) is 34.1 Å². The molecular formula is C17H16F2N2O3. The van der Waals surface area contributed by atoms with Gasteiger partial charge < -0.3 is 15.0 Å². The molecule has 0 radical (unpaired) electrons. The number of aliphatic hydroxyl groups is 1. The minimum atomic E-state index is -0.829. The zero-order chi connectivity index (χ0) is 17.4. The van der Waals surface area contributed by atoms with Gasteiger partial charge in [-0.2, -0.15) is 0 Å². The van der Waals surface area contributed by atoms with Crippen LogP contribution in [-0.4, -0.2) is 33.5 Å². The third kappa shape index (κ3) is 2.94. The molecule has 1 saturated heterocycles. The second-order valence-electron chi connectivity index (χ2n) is 5.89. The van der Waals surface area contributed by atoms with Crippen LogP contribution in [0.15, 0.2) is 35.1 Å². The first-order valence-electron chi connectivity index (χ1n) is 7.50. The number of β-amino-alcohol motifs (C(OH)–C–C–N with tert-alkyl or cyclic N) is 1. The van der Waals surface area contributed by atoms with E-state index in [0.717, 1.165) is 18.2 Å². The van der Waals surface area contributed by atoms with E-state index >= 15 is 0 Å². The summed E-state index contributed by atoms with van der Waals surface area (Å²) >= 11 is 0. The molecule has 0 spiro atoms. The summed E-state index contributed by atoms with van der Waals surface area (Å²) in [5.74, 6) is -1.69. The van der Waals surface area contributed by atoms with E-state index in [4.69, 9.17) is 0 Å². The number of pyridine rings is 1. The van der Waals surface area contributed by atoms with Crippen LogP contribution in [0, 0.1) is 18.6 Å². The smallest absolute Gasteiger partial charge is 0.256 e. The Morgan fingerprint density at radius 2 is 2.04 bits per heavy atom. The molecule has 3 rings (SSSR count). The Morgan fingerprint density at radius 3 is 2.75 bits per heavy atom. The lowest BCUT2D eigenvalue weighted by Gasteiger charge is -2.25. The van der Waals surface area contributed by atoms with Gasteiger partial charge >= 0.3 is 0 Å². The predicted octanol–water partition coefficient (Wildman–Crippen LogP) is 1.91. The summed E-state index contributed by atoms with van der Waals surface area (Å²) in [6, 6.07) is 4.89. The van der Waals surface area contributed by atoms with Crippen LogP contribution >= 0.6 is 0 Å². The van der Waals surface area contributed by atoms with Gasteiger partial charge in [-0.1, -0.05) is 0 Å². The van der Waals surface area contributed by atoms with Crippen molar-refractivity contribution in [3.63, 3.8) is 0 Å². The molecule has 2 heterocycles. The largest absolute Gasteiger partial charge is 0.391 e. The van der Waals surface area contributed by atoms with Gasteiger partial charge in [-0.15, -0.1) is 0 Å². The maximum atomic E-state index is 14.1. The van der Waals surface area contributed by atoms with Gasteiger partial charge in [-0.3, -0.25) is 9.59 Å². The molecule has 2 atom stereocenters.